The Balaban J connectivity index is 1.61. The molecule has 1 atom stereocenters. The van der Waals surface area contributed by atoms with Crippen molar-refractivity contribution in [2.24, 2.45) is 0 Å². The third-order valence-corrected chi connectivity index (χ3v) is 7.05. The first-order valence-electron chi connectivity index (χ1n) is 10.2. The standard InChI is InChI=1S/C25H26ClN3OS/c1-14-7-6-8-22(17(14)4)29-16(3)11-19(18(29)5)12-23-24(30)28-25(31-23)27-21-13-20(26)10-9-15(21)2/h6-13,25,27H,1-5H3,(H,28,30)/b23-12-. The monoisotopic (exact) mass is 451 g/mol. The lowest BCUT2D eigenvalue weighted by Crippen LogP contribution is -2.31. The molecule has 0 aliphatic carbocycles. The van der Waals surface area contributed by atoms with Crippen molar-refractivity contribution in [3.05, 3.63) is 86.0 Å². The summed E-state index contributed by atoms with van der Waals surface area (Å²) >= 11 is 7.61. The Hall–Kier alpha value is -2.63. The van der Waals surface area contributed by atoms with E-state index in [1.165, 1.54) is 28.6 Å². The second kappa shape index (κ2) is 8.48. The predicted molar refractivity (Wildman–Crippen MR) is 132 cm³/mol. The van der Waals surface area contributed by atoms with E-state index in [2.05, 4.69) is 67.2 Å². The highest BCUT2D eigenvalue weighted by Crippen LogP contribution is 2.33. The molecule has 1 aliphatic heterocycles. The molecule has 1 amide bonds. The van der Waals surface area contributed by atoms with Crippen LogP contribution in [0, 0.1) is 34.6 Å². The highest BCUT2D eigenvalue weighted by molar-refractivity contribution is 8.05. The van der Waals surface area contributed by atoms with Gasteiger partial charge in [-0.3, -0.25) is 4.79 Å². The first-order valence-corrected chi connectivity index (χ1v) is 11.5. The predicted octanol–water partition coefficient (Wildman–Crippen LogP) is 6.27. The zero-order valence-electron chi connectivity index (χ0n) is 18.3. The van der Waals surface area contributed by atoms with E-state index < -0.39 is 0 Å². The molecule has 4 rings (SSSR count). The molecule has 0 bridgehead atoms. The van der Waals surface area contributed by atoms with Crippen LogP contribution in [0.5, 0.6) is 0 Å². The van der Waals surface area contributed by atoms with E-state index in [-0.39, 0.29) is 11.4 Å². The van der Waals surface area contributed by atoms with Crippen LogP contribution in [-0.4, -0.2) is 16.0 Å². The summed E-state index contributed by atoms with van der Waals surface area (Å²) in [6, 6.07) is 14.2. The van der Waals surface area contributed by atoms with Gasteiger partial charge in [0.1, 0.15) is 0 Å². The van der Waals surface area contributed by atoms with Crippen LogP contribution in [0.15, 0.2) is 47.4 Å². The fourth-order valence-corrected chi connectivity index (χ4v) is 5.02. The Kier molecular flexibility index (Phi) is 5.91. The molecule has 2 aromatic carbocycles. The molecule has 1 fully saturated rings. The molecule has 1 aliphatic rings. The van der Waals surface area contributed by atoms with Crippen LogP contribution in [0.25, 0.3) is 11.8 Å². The van der Waals surface area contributed by atoms with E-state index in [1.54, 1.807) is 0 Å². The van der Waals surface area contributed by atoms with Gasteiger partial charge in [0, 0.05) is 27.8 Å². The number of thioether (sulfide) groups is 1. The van der Waals surface area contributed by atoms with Gasteiger partial charge in [-0.2, -0.15) is 0 Å². The summed E-state index contributed by atoms with van der Waals surface area (Å²) < 4.78 is 2.26. The van der Waals surface area contributed by atoms with E-state index in [1.807, 2.05) is 31.2 Å². The molecule has 1 unspecified atom stereocenters. The summed E-state index contributed by atoms with van der Waals surface area (Å²) in [7, 11) is 0. The fraction of sp³-hybridized carbons (Fsp3) is 0.240. The maximum Gasteiger partial charge on any atom is 0.260 e. The van der Waals surface area contributed by atoms with Crippen LogP contribution in [0.1, 0.15) is 33.6 Å². The number of nitrogens with zero attached hydrogens (tertiary/aromatic N) is 1. The Morgan fingerprint density at radius 2 is 1.84 bits per heavy atom. The van der Waals surface area contributed by atoms with Crippen molar-refractivity contribution >= 4 is 41.0 Å². The summed E-state index contributed by atoms with van der Waals surface area (Å²) in [6.07, 6.45) is 1.98. The SMILES string of the molecule is Cc1ccc(Cl)cc1NC1NC(=O)/C(=C/c2cc(C)n(-c3cccc(C)c3C)c2C)S1. The lowest BCUT2D eigenvalue weighted by molar-refractivity contribution is -0.116. The molecule has 6 heteroatoms. The number of aryl methyl sites for hydroxylation is 3. The molecule has 31 heavy (non-hydrogen) atoms. The average Bonchev–Trinajstić information content (AvgIpc) is 3.19. The summed E-state index contributed by atoms with van der Waals surface area (Å²) in [5.74, 6) is -0.0706. The Morgan fingerprint density at radius 3 is 2.61 bits per heavy atom. The zero-order valence-corrected chi connectivity index (χ0v) is 19.9. The molecule has 160 valence electrons. The maximum atomic E-state index is 12.6. The van der Waals surface area contributed by atoms with E-state index in [9.17, 15) is 4.79 Å². The second-order valence-electron chi connectivity index (χ2n) is 7.96. The van der Waals surface area contributed by atoms with Crippen molar-refractivity contribution in [3.63, 3.8) is 0 Å². The molecule has 0 saturated carbocycles. The molecule has 0 spiro atoms. The minimum absolute atomic E-state index is 0.0706. The van der Waals surface area contributed by atoms with Crippen molar-refractivity contribution in [1.82, 2.24) is 9.88 Å². The molecule has 1 aromatic heterocycles. The van der Waals surface area contributed by atoms with Crippen LogP contribution in [0.3, 0.4) is 0 Å². The van der Waals surface area contributed by atoms with Gasteiger partial charge in [0.15, 0.2) is 5.50 Å². The van der Waals surface area contributed by atoms with Crippen molar-refractivity contribution in [2.75, 3.05) is 5.32 Å². The molecule has 0 radical (unpaired) electrons. The van der Waals surface area contributed by atoms with Crippen molar-refractivity contribution < 1.29 is 4.79 Å². The van der Waals surface area contributed by atoms with Gasteiger partial charge in [-0.15, -0.1) is 0 Å². The van der Waals surface area contributed by atoms with E-state index in [0.29, 0.717) is 9.93 Å². The number of halogens is 1. The third kappa shape index (κ3) is 4.25. The quantitative estimate of drug-likeness (QED) is 0.459. The van der Waals surface area contributed by atoms with Gasteiger partial charge in [-0.1, -0.05) is 41.6 Å². The van der Waals surface area contributed by atoms with Crippen LogP contribution in [0.4, 0.5) is 5.69 Å². The number of aromatic nitrogens is 1. The molecule has 2 heterocycles. The minimum Gasteiger partial charge on any atom is -0.356 e. The molecule has 3 aromatic rings. The van der Waals surface area contributed by atoms with E-state index >= 15 is 0 Å². The average molecular weight is 452 g/mol. The van der Waals surface area contributed by atoms with Crippen molar-refractivity contribution in [3.8, 4) is 5.69 Å². The number of amides is 1. The van der Waals surface area contributed by atoms with Crippen molar-refractivity contribution in [1.29, 1.82) is 0 Å². The zero-order chi connectivity index (χ0) is 22.3. The fourth-order valence-electron chi connectivity index (χ4n) is 3.88. The summed E-state index contributed by atoms with van der Waals surface area (Å²) in [4.78, 5) is 13.3. The summed E-state index contributed by atoms with van der Waals surface area (Å²) in [6.45, 7) is 10.5. The van der Waals surface area contributed by atoms with E-state index in [4.69, 9.17) is 11.6 Å². The Morgan fingerprint density at radius 1 is 1.06 bits per heavy atom. The normalized spacial score (nSPS) is 17.3. The van der Waals surface area contributed by atoms with Crippen molar-refractivity contribution in [2.45, 2.75) is 40.1 Å². The third-order valence-electron chi connectivity index (χ3n) is 5.79. The first-order chi connectivity index (χ1) is 14.7. The summed E-state index contributed by atoms with van der Waals surface area (Å²) in [5, 5.41) is 7.03. The van der Waals surface area contributed by atoms with Gasteiger partial charge in [0.05, 0.1) is 4.91 Å². The van der Waals surface area contributed by atoms with Gasteiger partial charge < -0.3 is 15.2 Å². The number of anilines is 1. The lowest BCUT2D eigenvalue weighted by Gasteiger charge is -2.15. The minimum atomic E-state index is -0.238. The Labute approximate surface area is 192 Å². The van der Waals surface area contributed by atoms with Crippen LogP contribution < -0.4 is 10.6 Å². The van der Waals surface area contributed by atoms with Crippen LogP contribution in [-0.2, 0) is 4.79 Å². The van der Waals surface area contributed by atoms with Gasteiger partial charge >= 0.3 is 0 Å². The highest BCUT2D eigenvalue weighted by Gasteiger charge is 2.28. The number of hydrogen-bond acceptors (Lipinski definition) is 3. The van der Waals surface area contributed by atoms with Gasteiger partial charge in [-0.05, 0) is 87.2 Å². The Bertz CT molecular complexity index is 1210. The lowest BCUT2D eigenvalue weighted by atomic mass is 10.1. The molecule has 1 saturated heterocycles. The second-order valence-corrected chi connectivity index (χ2v) is 9.55. The molecular weight excluding hydrogens is 426 g/mol. The van der Waals surface area contributed by atoms with Gasteiger partial charge in [0.25, 0.3) is 5.91 Å². The largest absolute Gasteiger partial charge is 0.356 e. The molecule has 2 N–H and O–H groups in total. The number of benzene rings is 2. The molecule has 4 nitrogen and oxygen atoms in total. The topological polar surface area (TPSA) is 46.1 Å². The van der Waals surface area contributed by atoms with Gasteiger partial charge in [-0.25, -0.2) is 0 Å². The number of hydrogen-bond donors (Lipinski definition) is 2. The molecular formula is C25H26ClN3OS. The highest BCUT2D eigenvalue weighted by atomic mass is 35.5. The number of rotatable bonds is 4. The number of carbonyl (C=O) groups is 1. The number of carbonyl (C=O) groups excluding carboxylic acids is 1. The summed E-state index contributed by atoms with van der Waals surface area (Å²) in [5.41, 5.74) is 8.78. The number of nitrogens with one attached hydrogen (secondary N) is 2. The first kappa shape index (κ1) is 21.6. The smallest absolute Gasteiger partial charge is 0.260 e. The van der Waals surface area contributed by atoms with Crippen LogP contribution >= 0.6 is 23.4 Å². The van der Waals surface area contributed by atoms with Gasteiger partial charge in [0.2, 0.25) is 0 Å². The van der Waals surface area contributed by atoms with Crippen LogP contribution in [0.2, 0.25) is 5.02 Å². The maximum absolute atomic E-state index is 12.6. The van der Waals surface area contributed by atoms with E-state index in [0.717, 1.165) is 28.2 Å².